The maximum Gasteiger partial charge on any atom is 0.100 e. The van der Waals surface area contributed by atoms with Crippen molar-refractivity contribution < 1.29 is 4.74 Å². The van der Waals surface area contributed by atoms with E-state index in [0.717, 1.165) is 18.4 Å². The Morgan fingerprint density at radius 1 is 1.35 bits per heavy atom. The van der Waals surface area contributed by atoms with Crippen LogP contribution >= 0.6 is 0 Å². The van der Waals surface area contributed by atoms with Gasteiger partial charge in [-0.1, -0.05) is 0 Å². The van der Waals surface area contributed by atoms with Crippen LogP contribution in [0.2, 0.25) is 0 Å². The van der Waals surface area contributed by atoms with Crippen molar-refractivity contribution in [3.05, 3.63) is 48.0 Å². The molecule has 2 heterocycles. The SMILES string of the molecule is CC(N)C(OCCCc1ccncc1)c1cnn(C)c1. The third kappa shape index (κ3) is 4.15. The molecule has 0 aliphatic carbocycles. The zero-order valence-corrected chi connectivity index (χ0v) is 12.1. The van der Waals surface area contributed by atoms with E-state index < -0.39 is 0 Å². The molecule has 5 nitrogen and oxygen atoms in total. The highest BCUT2D eigenvalue weighted by molar-refractivity contribution is 5.11. The van der Waals surface area contributed by atoms with Crippen molar-refractivity contribution in [1.29, 1.82) is 0 Å². The molecule has 0 aliphatic rings. The topological polar surface area (TPSA) is 66.0 Å². The second kappa shape index (κ2) is 7.17. The van der Waals surface area contributed by atoms with E-state index >= 15 is 0 Å². The number of pyridine rings is 1. The minimum absolute atomic E-state index is 0.0554. The van der Waals surface area contributed by atoms with Gasteiger partial charge in [0.05, 0.1) is 6.20 Å². The van der Waals surface area contributed by atoms with Crippen LogP contribution in [0.4, 0.5) is 0 Å². The van der Waals surface area contributed by atoms with Crippen molar-refractivity contribution in [2.75, 3.05) is 6.61 Å². The summed E-state index contributed by atoms with van der Waals surface area (Å²) >= 11 is 0. The number of aryl methyl sites for hydroxylation is 2. The Morgan fingerprint density at radius 2 is 2.10 bits per heavy atom. The molecule has 5 heteroatoms. The van der Waals surface area contributed by atoms with Gasteiger partial charge in [0.2, 0.25) is 0 Å². The molecule has 0 bridgehead atoms. The van der Waals surface area contributed by atoms with E-state index in [1.165, 1.54) is 5.56 Å². The number of nitrogens with zero attached hydrogens (tertiary/aromatic N) is 3. The summed E-state index contributed by atoms with van der Waals surface area (Å²) in [4.78, 5) is 4.01. The molecule has 0 spiro atoms. The highest BCUT2D eigenvalue weighted by Crippen LogP contribution is 2.20. The molecule has 0 saturated heterocycles. The summed E-state index contributed by atoms with van der Waals surface area (Å²) in [5, 5.41) is 4.17. The van der Waals surface area contributed by atoms with Crippen LogP contribution in [0.15, 0.2) is 36.9 Å². The van der Waals surface area contributed by atoms with Gasteiger partial charge in [-0.2, -0.15) is 5.10 Å². The first-order valence-electron chi connectivity index (χ1n) is 6.91. The molecule has 2 aromatic rings. The summed E-state index contributed by atoms with van der Waals surface area (Å²) in [5.74, 6) is 0. The minimum Gasteiger partial charge on any atom is -0.372 e. The van der Waals surface area contributed by atoms with Crippen LogP contribution in [-0.2, 0) is 18.2 Å². The molecule has 20 heavy (non-hydrogen) atoms. The Hall–Kier alpha value is -1.72. The summed E-state index contributed by atoms with van der Waals surface area (Å²) in [6, 6.07) is 4.01. The molecule has 0 aliphatic heterocycles. The Balaban J connectivity index is 1.81. The van der Waals surface area contributed by atoms with Crippen LogP contribution < -0.4 is 5.73 Å². The lowest BCUT2D eigenvalue weighted by molar-refractivity contribution is 0.0369. The number of hydrogen-bond donors (Lipinski definition) is 1. The normalized spacial score (nSPS) is 14.2. The Morgan fingerprint density at radius 3 is 2.70 bits per heavy atom. The maximum absolute atomic E-state index is 6.00. The third-order valence-corrected chi connectivity index (χ3v) is 3.19. The molecule has 0 amide bonds. The first-order chi connectivity index (χ1) is 9.66. The van der Waals surface area contributed by atoms with E-state index in [2.05, 4.69) is 10.1 Å². The summed E-state index contributed by atoms with van der Waals surface area (Å²) in [6.45, 7) is 2.64. The van der Waals surface area contributed by atoms with Crippen molar-refractivity contribution in [2.45, 2.75) is 31.9 Å². The maximum atomic E-state index is 6.00. The van der Waals surface area contributed by atoms with E-state index in [9.17, 15) is 0 Å². The number of ether oxygens (including phenoxy) is 1. The van der Waals surface area contributed by atoms with Crippen molar-refractivity contribution >= 4 is 0 Å². The van der Waals surface area contributed by atoms with Gasteiger partial charge in [-0.05, 0) is 37.5 Å². The molecular weight excluding hydrogens is 252 g/mol. The fraction of sp³-hybridized carbons (Fsp3) is 0.467. The lowest BCUT2D eigenvalue weighted by atomic mass is 10.1. The molecule has 2 atom stereocenters. The van der Waals surface area contributed by atoms with Crippen molar-refractivity contribution in [3.63, 3.8) is 0 Å². The molecule has 2 N–H and O–H groups in total. The zero-order valence-electron chi connectivity index (χ0n) is 12.1. The molecule has 0 fully saturated rings. The fourth-order valence-corrected chi connectivity index (χ4v) is 2.17. The number of aromatic nitrogens is 3. The number of nitrogens with two attached hydrogens (primary N) is 1. The molecule has 2 rings (SSSR count). The van der Waals surface area contributed by atoms with Gasteiger partial charge in [0, 0.05) is 43.9 Å². The molecule has 0 radical (unpaired) electrons. The van der Waals surface area contributed by atoms with E-state index in [1.54, 1.807) is 4.68 Å². The lowest BCUT2D eigenvalue weighted by Gasteiger charge is -2.20. The zero-order chi connectivity index (χ0) is 14.4. The summed E-state index contributed by atoms with van der Waals surface area (Å²) in [7, 11) is 1.89. The number of hydrogen-bond acceptors (Lipinski definition) is 4. The largest absolute Gasteiger partial charge is 0.372 e. The van der Waals surface area contributed by atoms with Crippen molar-refractivity contribution in [1.82, 2.24) is 14.8 Å². The van der Waals surface area contributed by atoms with Gasteiger partial charge in [0.15, 0.2) is 0 Å². The molecule has 2 unspecified atom stereocenters. The Kier molecular flexibility index (Phi) is 5.26. The van der Waals surface area contributed by atoms with Gasteiger partial charge in [-0.15, -0.1) is 0 Å². The molecular formula is C15H22N4O. The van der Waals surface area contributed by atoms with Gasteiger partial charge in [-0.3, -0.25) is 9.67 Å². The Bertz CT molecular complexity index is 510. The van der Waals surface area contributed by atoms with E-state index in [4.69, 9.17) is 10.5 Å². The molecule has 0 aromatic carbocycles. The van der Waals surface area contributed by atoms with Crippen LogP contribution in [0.5, 0.6) is 0 Å². The second-order valence-corrected chi connectivity index (χ2v) is 5.06. The second-order valence-electron chi connectivity index (χ2n) is 5.06. The lowest BCUT2D eigenvalue weighted by Crippen LogP contribution is -2.27. The molecule has 0 saturated carbocycles. The summed E-state index contributed by atoms with van der Waals surface area (Å²) < 4.78 is 7.70. The standard InChI is InChI=1S/C15H22N4O/c1-12(16)15(14-10-18-19(2)11-14)20-9-3-4-13-5-7-17-8-6-13/h5-8,10-12,15H,3-4,9,16H2,1-2H3. The predicted octanol–water partition coefficient (Wildman–Crippen LogP) is 1.85. The quantitative estimate of drug-likeness (QED) is 0.783. The van der Waals surface area contributed by atoms with Crippen LogP contribution in [-0.4, -0.2) is 27.4 Å². The van der Waals surface area contributed by atoms with E-state index in [0.29, 0.717) is 6.61 Å². The highest BCUT2D eigenvalue weighted by atomic mass is 16.5. The van der Waals surface area contributed by atoms with E-state index in [1.807, 2.05) is 50.9 Å². The van der Waals surface area contributed by atoms with Crippen LogP contribution in [0.3, 0.4) is 0 Å². The first kappa shape index (κ1) is 14.7. The fourth-order valence-electron chi connectivity index (χ4n) is 2.17. The van der Waals surface area contributed by atoms with Gasteiger partial charge in [0.25, 0.3) is 0 Å². The predicted molar refractivity (Wildman–Crippen MR) is 78.1 cm³/mol. The third-order valence-electron chi connectivity index (χ3n) is 3.19. The average molecular weight is 274 g/mol. The van der Waals surface area contributed by atoms with Gasteiger partial charge in [-0.25, -0.2) is 0 Å². The summed E-state index contributed by atoms with van der Waals surface area (Å²) in [5.41, 5.74) is 8.31. The van der Waals surface area contributed by atoms with Gasteiger partial charge >= 0.3 is 0 Å². The monoisotopic (exact) mass is 274 g/mol. The molecule has 2 aromatic heterocycles. The van der Waals surface area contributed by atoms with Gasteiger partial charge < -0.3 is 10.5 Å². The van der Waals surface area contributed by atoms with Crippen LogP contribution in [0.1, 0.15) is 30.6 Å². The smallest absolute Gasteiger partial charge is 0.100 e. The van der Waals surface area contributed by atoms with Crippen molar-refractivity contribution in [3.8, 4) is 0 Å². The van der Waals surface area contributed by atoms with E-state index in [-0.39, 0.29) is 12.1 Å². The Labute approximate surface area is 119 Å². The van der Waals surface area contributed by atoms with Crippen molar-refractivity contribution in [2.24, 2.45) is 12.8 Å². The first-order valence-corrected chi connectivity index (χ1v) is 6.91. The highest BCUT2D eigenvalue weighted by Gasteiger charge is 2.18. The average Bonchev–Trinajstić information content (AvgIpc) is 2.85. The minimum atomic E-state index is -0.0962. The van der Waals surface area contributed by atoms with Crippen LogP contribution in [0, 0.1) is 0 Å². The molecule has 108 valence electrons. The number of rotatable bonds is 7. The van der Waals surface area contributed by atoms with Crippen LogP contribution in [0.25, 0.3) is 0 Å². The van der Waals surface area contributed by atoms with Gasteiger partial charge in [0.1, 0.15) is 6.10 Å². The summed E-state index contributed by atoms with van der Waals surface area (Å²) in [6.07, 6.45) is 9.26.